The van der Waals surface area contributed by atoms with Crippen molar-refractivity contribution in [3.63, 3.8) is 0 Å². The fraction of sp³-hybridized carbons (Fsp3) is 0.565. The maximum Gasteiger partial charge on any atom is 0.306 e. The quantitative estimate of drug-likeness (QED) is 0.620. The van der Waals surface area contributed by atoms with Gasteiger partial charge in [0.1, 0.15) is 18.0 Å². The smallest absolute Gasteiger partial charge is 0.306 e. The van der Waals surface area contributed by atoms with Crippen LogP contribution in [0.2, 0.25) is 0 Å². The lowest BCUT2D eigenvalue weighted by Crippen LogP contribution is -2.39. The number of aliphatic carboxylic acids is 1. The van der Waals surface area contributed by atoms with Gasteiger partial charge in [-0.1, -0.05) is 13.3 Å². The second kappa shape index (κ2) is 9.07. The van der Waals surface area contributed by atoms with E-state index < -0.39 is 11.6 Å². The second-order valence-electron chi connectivity index (χ2n) is 8.03. The normalized spacial score (nSPS) is 18.4. The first-order valence-electron chi connectivity index (χ1n) is 10.5. The van der Waals surface area contributed by atoms with Crippen molar-refractivity contribution in [3.05, 3.63) is 29.0 Å². The molecule has 162 valence electrons. The van der Waals surface area contributed by atoms with E-state index in [1.807, 2.05) is 39.8 Å². The molecule has 0 bridgehead atoms. The summed E-state index contributed by atoms with van der Waals surface area (Å²) >= 11 is 0. The van der Waals surface area contributed by atoms with E-state index in [-0.39, 0.29) is 12.5 Å². The van der Waals surface area contributed by atoms with Crippen molar-refractivity contribution < 1.29 is 24.1 Å². The summed E-state index contributed by atoms with van der Waals surface area (Å²) in [5.74, 6) is -0.238. The number of aromatic nitrogens is 1. The molecule has 1 aliphatic heterocycles. The molecule has 0 aliphatic carbocycles. The molecule has 1 aromatic heterocycles. The summed E-state index contributed by atoms with van der Waals surface area (Å²) in [6, 6.07) is 3.89. The molecule has 1 aliphatic rings. The molecule has 1 atom stereocenters. The molecule has 0 fully saturated rings. The van der Waals surface area contributed by atoms with Crippen molar-refractivity contribution in [2.75, 3.05) is 19.8 Å². The topological polar surface area (TPSA) is 93.7 Å². The molecular formula is C23H30N2O5. The summed E-state index contributed by atoms with van der Waals surface area (Å²) in [6.07, 6.45) is 4.19. The lowest BCUT2D eigenvalue weighted by Gasteiger charge is -2.37. The molecule has 2 aromatic rings. The summed E-state index contributed by atoms with van der Waals surface area (Å²) in [5, 5.41) is 20.6. The molecule has 0 spiro atoms. The minimum absolute atomic E-state index is 0.139. The van der Waals surface area contributed by atoms with Gasteiger partial charge in [0.05, 0.1) is 36.9 Å². The number of ether oxygens (including phenoxy) is 3. The zero-order valence-electron chi connectivity index (χ0n) is 18.2. The molecule has 7 nitrogen and oxygen atoms in total. The van der Waals surface area contributed by atoms with Gasteiger partial charge in [0, 0.05) is 10.9 Å². The van der Waals surface area contributed by atoms with Gasteiger partial charge in [0.15, 0.2) is 6.19 Å². The highest BCUT2D eigenvalue weighted by Gasteiger charge is 2.44. The van der Waals surface area contributed by atoms with Crippen molar-refractivity contribution >= 4 is 16.9 Å². The van der Waals surface area contributed by atoms with Crippen LogP contribution in [0.25, 0.3) is 10.9 Å². The van der Waals surface area contributed by atoms with Gasteiger partial charge < -0.3 is 19.3 Å². The zero-order chi connectivity index (χ0) is 21.9. The van der Waals surface area contributed by atoms with Crippen molar-refractivity contribution in [2.45, 2.75) is 65.1 Å². The summed E-state index contributed by atoms with van der Waals surface area (Å²) in [5.41, 5.74) is 2.31. The predicted octanol–water partition coefficient (Wildman–Crippen LogP) is 4.13. The molecule has 1 aromatic carbocycles. The van der Waals surface area contributed by atoms with Crippen LogP contribution < -0.4 is 4.74 Å². The number of carboxylic acid groups (broad SMARTS) is 1. The molecule has 0 unspecified atom stereocenters. The third-order valence-electron chi connectivity index (χ3n) is 5.58. The fourth-order valence-corrected chi connectivity index (χ4v) is 4.49. The van der Waals surface area contributed by atoms with Crippen LogP contribution in [0.5, 0.6) is 5.75 Å². The maximum absolute atomic E-state index is 11.7. The molecule has 7 heteroatoms. The minimum atomic E-state index is -0.999. The van der Waals surface area contributed by atoms with Crippen LogP contribution in [-0.2, 0) is 26.3 Å². The van der Waals surface area contributed by atoms with E-state index in [2.05, 4.69) is 6.19 Å². The maximum atomic E-state index is 11.7. The Kier molecular flexibility index (Phi) is 6.69. The molecule has 0 amide bonds. The van der Waals surface area contributed by atoms with Crippen LogP contribution in [0, 0.1) is 18.4 Å². The molecule has 0 saturated carbocycles. The van der Waals surface area contributed by atoms with Gasteiger partial charge in [-0.25, -0.2) is 4.57 Å². The largest absolute Gasteiger partial charge is 0.491 e. The summed E-state index contributed by atoms with van der Waals surface area (Å²) in [7, 11) is 0. The van der Waals surface area contributed by atoms with Gasteiger partial charge in [-0.2, -0.15) is 5.26 Å². The first kappa shape index (κ1) is 22.1. The monoisotopic (exact) mass is 414 g/mol. The Labute approximate surface area is 177 Å². The third kappa shape index (κ3) is 4.03. The van der Waals surface area contributed by atoms with Gasteiger partial charge in [-0.15, -0.1) is 0 Å². The molecule has 3 rings (SSSR count). The lowest BCUT2D eigenvalue weighted by atomic mass is 9.84. The number of fused-ring (bicyclic) bond motifs is 3. The Morgan fingerprint density at radius 1 is 1.40 bits per heavy atom. The standard InChI is InChI=1S/C23H30N2O5/c1-5-9-23(13-20(26)27)22-18(8-10-30-23)17-6-7-19(29-12-11-28-15(2)3)16(4)21(17)25(22)14-24/h6-7,15H,5,8-13H2,1-4H3,(H,26,27)/t23-/m0/s1. The average Bonchev–Trinajstić information content (AvgIpc) is 3.02. The van der Waals surface area contributed by atoms with Gasteiger partial charge in [0.25, 0.3) is 0 Å². The van der Waals surface area contributed by atoms with E-state index >= 15 is 0 Å². The van der Waals surface area contributed by atoms with Crippen LogP contribution in [0.15, 0.2) is 12.1 Å². The molecule has 0 radical (unpaired) electrons. The number of rotatable bonds is 9. The number of hydrogen-bond acceptors (Lipinski definition) is 5. The number of benzene rings is 1. The molecule has 0 saturated heterocycles. The number of nitriles is 1. The van der Waals surface area contributed by atoms with E-state index in [4.69, 9.17) is 14.2 Å². The Morgan fingerprint density at radius 3 is 2.80 bits per heavy atom. The predicted molar refractivity (Wildman–Crippen MR) is 113 cm³/mol. The van der Waals surface area contributed by atoms with Crippen LogP contribution >= 0.6 is 0 Å². The van der Waals surface area contributed by atoms with Crippen molar-refractivity contribution in [2.24, 2.45) is 0 Å². The lowest BCUT2D eigenvalue weighted by molar-refractivity contribution is -0.149. The van der Waals surface area contributed by atoms with E-state index in [1.165, 1.54) is 0 Å². The summed E-state index contributed by atoms with van der Waals surface area (Å²) in [4.78, 5) is 11.7. The number of carboxylic acids is 1. The van der Waals surface area contributed by atoms with Gasteiger partial charge >= 0.3 is 5.97 Å². The van der Waals surface area contributed by atoms with Crippen molar-refractivity contribution in [1.82, 2.24) is 4.57 Å². The Morgan fingerprint density at radius 2 is 2.17 bits per heavy atom. The van der Waals surface area contributed by atoms with Crippen LogP contribution in [0.4, 0.5) is 0 Å². The first-order chi connectivity index (χ1) is 14.3. The zero-order valence-corrected chi connectivity index (χ0v) is 18.2. The fourth-order valence-electron chi connectivity index (χ4n) is 4.49. The summed E-state index contributed by atoms with van der Waals surface area (Å²) < 4.78 is 19.1. The van der Waals surface area contributed by atoms with Crippen molar-refractivity contribution in [1.29, 1.82) is 5.26 Å². The third-order valence-corrected chi connectivity index (χ3v) is 5.58. The van der Waals surface area contributed by atoms with E-state index in [9.17, 15) is 15.2 Å². The Bertz CT molecular complexity index is 972. The van der Waals surface area contributed by atoms with Crippen LogP contribution in [-0.4, -0.2) is 41.6 Å². The average molecular weight is 415 g/mol. The molecule has 1 N–H and O–H groups in total. The highest BCUT2D eigenvalue weighted by Crippen LogP contribution is 2.45. The number of carbonyl (C=O) groups is 1. The highest BCUT2D eigenvalue weighted by atomic mass is 16.5. The SMILES string of the molecule is CCC[C@@]1(CC(=O)O)OCCc2c1n(C#N)c1c(C)c(OCCOC(C)C)ccc21. The molecule has 2 heterocycles. The molecular weight excluding hydrogens is 384 g/mol. The Balaban J connectivity index is 2.11. The van der Waals surface area contributed by atoms with Crippen LogP contribution in [0.3, 0.4) is 0 Å². The van der Waals surface area contributed by atoms with Gasteiger partial charge in [-0.05, 0) is 51.3 Å². The second-order valence-corrected chi connectivity index (χ2v) is 8.03. The van der Waals surface area contributed by atoms with E-state index in [0.29, 0.717) is 44.1 Å². The summed E-state index contributed by atoms with van der Waals surface area (Å²) in [6.45, 7) is 9.22. The van der Waals surface area contributed by atoms with E-state index in [0.717, 1.165) is 28.5 Å². The molecule has 30 heavy (non-hydrogen) atoms. The number of aryl methyl sites for hydroxylation is 1. The minimum Gasteiger partial charge on any atom is -0.491 e. The van der Waals surface area contributed by atoms with E-state index in [1.54, 1.807) is 4.57 Å². The number of nitrogens with zero attached hydrogens (tertiary/aromatic N) is 2. The van der Waals surface area contributed by atoms with Crippen molar-refractivity contribution in [3.8, 4) is 11.9 Å². The van der Waals surface area contributed by atoms with Crippen LogP contribution in [0.1, 0.15) is 56.9 Å². The number of hydrogen-bond donors (Lipinski definition) is 1. The Hall–Kier alpha value is -2.56. The highest BCUT2D eigenvalue weighted by molar-refractivity contribution is 5.91. The van der Waals surface area contributed by atoms with Gasteiger partial charge in [-0.3, -0.25) is 4.79 Å². The van der Waals surface area contributed by atoms with Gasteiger partial charge in [0.2, 0.25) is 0 Å². The first-order valence-corrected chi connectivity index (χ1v) is 10.5.